The maximum Gasteiger partial charge on any atom is 0.373 e. The number of carbonyl (C=O) groups excluding carboxylic acids is 2. The normalized spacial score (nSPS) is 11.7. The minimum atomic E-state index is -4.61. The first kappa shape index (κ1) is 36.4. The number of pyridine rings is 1. The van der Waals surface area contributed by atoms with Crippen LogP contribution in [-0.4, -0.2) is 83.8 Å². The molecule has 3 heterocycles. The van der Waals surface area contributed by atoms with Crippen molar-refractivity contribution in [3.8, 4) is 11.8 Å². The maximum absolute atomic E-state index is 12.5. The van der Waals surface area contributed by atoms with E-state index in [1.54, 1.807) is 4.72 Å². The molecule has 0 aliphatic carbocycles. The van der Waals surface area contributed by atoms with Crippen LogP contribution in [0.1, 0.15) is 53.3 Å². The van der Waals surface area contributed by atoms with Gasteiger partial charge in [-0.1, -0.05) is 20.8 Å². The molecule has 0 saturated carbocycles. The molecule has 3 amide bonds. The third-order valence-corrected chi connectivity index (χ3v) is 8.46. The molecular formula is C24H36N10O9S2. The largest absolute Gasteiger partial charge is 0.481 e. The van der Waals surface area contributed by atoms with Gasteiger partial charge in [-0.25, -0.2) is 32.5 Å². The van der Waals surface area contributed by atoms with Crippen LogP contribution in [0, 0.1) is 0 Å². The van der Waals surface area contributed by atoms with Crippen molar-refractivity contribution in [1.29, 1.82) is 0 Å². The average Bonchev–Trinajstić information content (AvgIpc) is 3.26. The second-order valence-electron chi connectivity index (χ2n) is 10.3. The van der Waals surface area contributed by atoms with Crippen LogP contribution < -0.4 is 36.4 Å². The standard InChI is InChI=1S/C14H17N5O7S2.C10H19N5O2/c1-4-27(21,22)9-6-5-7-15-12(9)28(23,24)19-14(20)18-13-16-10(25-2)8-11(17-13)26-3;1-6(2)7-13-15(9(17)14(7)11)8(16)12-10(3,4)5/h5-8H,4H2,1-3H3,(H2,16,17,18,19,20);6H,11H2,1-5H3,(H,12,16). The van der Waals surface area contributed by atoms with E-state index in [4.69, 9.17) is 15.3 Å². The molecule has 0 saturated heterocycles. The average molecular weight is 673 g/mol. The summed E-state index contributed by atoms with van der Waals surface area (Å²) in [6, 6.07) is 1.90. The van der Waals surface area contributed by atoms with Gasteiger partial charge in [0, 0.05) is 17.7 Å². The van der Waals surface area contributed by atoms with Gasteiger partial charge in [-0.05, 0) is 32.9 Å². The third-order valence-electron chi connectivity index (χ3n) is 5.28. The van der Waals surface area contributed by atoms with E-state index in [-0.39, 0.29) is 29.4 Å². The van der Waals surface area contributed by atoms with Gasteiger partial charge in [-0.15, -0.1) is 9.78 Å². The number of anilines is 1. The molecule has 45 heavy (non-hydrogen) atoms. The van der Waals surface area contributed by atoms with E-state index in [1.165, 1.54) is 33.3 Å². The number of ether oxygens (including phenoxy) is 2. The molecule has 0 bridgehead atoms. The van der Waals surface area contributed by atoms with Crippen molar-refractivity contribution in [2.24, 2.45) is 0 Å². The van der Waals surface area contributed by atoms with Crippen LogP contribution in [0.25, 0.3) is 0 Å². The fourth-order valence-corrected chi connectivity index (χ4v) is 5.78. The van der Waals surface area contributed by atoms with E-state index in [0.717, 1.165) is 21.6 Å². The second-order valence-corrected chi connectivity index (χ2v) is 14.1. The number of urea groups is 1. The monoisotopic (exact) mass is 672 g/mol. The number of hydrogen-bond donors (Lipinski definition) is 4. The molecule has 3 aromatic rings. The number of nitrogens with two attached hydrogens (primary N) is 1. The fraction of sp³-hybridized carbons (Fsp3) is 0.458. The van der Waals surface area contributed by atoms with Gasteiger partial charge < -0.3 is 20.6 Å². The molecule has 21 heteroatoms. The molecule has 5 N–H and O–H groups in total. The summed E-state index contributed by atoms with van der Waals surface area (Å²) >= 11 is 0. The summed E-state index contributed by atoms with van der Waals surface area (Å²) < 4.78 is 62.3. The third kappa shape index (κ3) is 9.60. The second kappa shape index (κ2) is 14.3. The van der Waals surface area contributed by atoms with Crippen LogP contribution in [0.4, 0.5) is 15.5 Å². The van der Waals surface area contributed by atoms with Crippen LogP contribution in [0.15, 0.2) is 39.1 Å². The number of amides is 3. The van der Waals surface area contributed by atoms with Gasteiger partial charge in [0.25, 0.3) is 10.0 Å². The molecule has 3 rings (SSSR count). The Morgan fingerprint density at radius 3 is 2.11 bits per heavy atom. The summed E-state index contributed by atoms with van der Waals surface area (Å²) in [7, 11) is -5.85. The summed E-state index contributed by atoms with van der Waals surface area (Å²) in [6.07, 6.45) is 1.09. The Labute approximate surface area is 259 Å². The molecular weight excluding hydrogens is 636 g/mol. The molecule has 0 atom stereocenters. The zero-order valence-electron chi connectivity index (χ0n) is 25.8. The first-order valence-corrected chi connectivity index (χ1v) is 16.2. The SMILES string of the molecule is CC(C)c1nn(C(=O)NC(C)(C)C)c(=O)n1N.CCS(=O)(=O)c1cccnc1S(=O)(=O)NC(=O)Nc1nc(OC)cc(OC)n1. The molecule has 19 nitrogen and oxygen atoms in total. The van der Waals surface area contributed by atoms with Gasteiger partial charge in [-0.2, -0.15) is 23.1 Å². The molecule has 248 valence electrons. The van der Waals surface area contributed by atoms with Gasteiger partial charge in [0.15, 0.2) is 20.7 Å². The van der Waals surface area contributed by atoms with Crippen molar-refractivity contribution in [3.05, 3.63) is 40.7 Å². The van der Waals surface area contributed by atoms with Gasteiger partial charge in [0.1, 0.15) is 4.90 Å². The molecule has 0 aliphatic heterocycles. The van der Waals surface area contributed by atoms with Crippen molar-refractivity contribution < 1.29 is 35.9 Å². The number of nitrogens with zero attached hydrogens (tertiary/aromatic N) is 6. The Morgan fingerprint density at radius 2 is 1.64 bits per heavy atom. The number of rotatable bonds is 8. The summed E-state index contributed by atoms with van der Waals surface area (Å²) in [5.41, 5.74) is -1.08. The summed E-state index contributed by atoms with van der Waals surface area (Å²) in [6.45, 7) is 10.5. The van der Waals surface area contributed by atoms with Crippen LogP contribution in [-0.2, 0) is 19.9 Å². The molecule has 0 aromatic carbocycles. The number of aromatic nitrogens is 6. The van der Waals surface area contributed by atoms with E-state index in [2.05, 4.69) is 30.7 Å². The highest BCUT2D eigenvalue weighted by molar-refractivity contribution is 7.93. The lowest BCUT2D eigenvalue weighted by Crippen LogP contribution is -2.47. The number of hydrogen-bond acceptors (Lipinski definition) is 14. The topological polar surface area (TPSA) is 261 Å². The van der Waals surface area contributed by atoms with Crippen LogP contribution in [0.3, 0.4) is 0 Å². The van der Waals surface area contributed by atoms with Gasteiger partial charge in [-0.3, -0.25) is 5.32 Å². The lowest BCUT2D eigenvalue weighted by molar-refractivity contribution is 0.229. The zero-order valence-corrected chi connectivity index (χ0v) is 27.5. The Morgan fingerprint density at radius 1 is 1.07 bits per heavy atom. The van der Waals surface area contributed by atoms with Gasteiger partial charge >= 0.3 is 17.8 Å². The predicted molar refractivity (Wildman–Crippen MR) is 161 cm³/mol. The Balaban J connectivity index is 0.000000355. The predicted octanol–water partition coefficient (Wildman–Crippen LogP) is 0.431. The van der Waals surface area contributed by atoms with E-state index in [1.807, 2.05) is 34.6 Å². The minimum absolute atomic E-state index is 0.0311. The molecule has 0 fully saturated rings. The summed E-state index contributed by atoms with van der Waals surface area (Å²) in [5, 5.41) is 7.88. The zero-order chi connectivity index (χ0) is 34.3. The van der Waals surface area contributed by atoms with E-state index in [0.29, 0.717) is 5.82 Å². The lowest BCUT2D eigenvalue weighted by Gasteiger charge is -2.19. The van der Waals surface area contributed by atoms with Gasteiger partial charge in [0.05, 0.1) is 26.0 Å². The van der Waals surface area contributed by atoms with Crippen LogP contribution in [0.2, 0.25) is 0 Å². The highest BCUT2D eigenvalue weighted by Gasteiger charge is 2.29. The Bertz CT molecular complexity index is 1790. The fourth-order valence-electron chi connectivity index (χ4n) is 3.23. The molecule has 3 aromatic heterocycles. The van der Waals surface area contributed by atoms with Crippen molar-refractivity contribution >= 4 is 37.9 Å². The highest BCUT2D eigenvalue weighted by Crippen LogP contribution is 2.20. The number of sulfonamides is 1. The van der Waals surface area contributed by atoms with Crippen LogP contribution in [0.5, 0.6) is 11.8 Å². The van der Waals surface area contributed by atoms with Crippen molar-refractivity contribution in [1.82, 2.24) is 39.4 Å². The molecule has 0 unspecified atom stereocenters. The first-order chi connectivity index (χ1) is 20.8. The number of sulfone groups is 1. The molecule has 0 aliphatic rings. The molecule has 0 radical (unpaired) electrons. The quantitative estimate of drug-likeness (QED) is 0.237. The highest BCUT2D eigenvalue weighted by atomic mass is 32.2. The number of nitrogen functional groups attached to an aromatic ring is 1. The number of nitrogens with one attached hydrogen (secondary N) is 3. The van der Waals surface area contributed by atoms with E-state index in [9.17, 15) is 31.2 Å². The van der Waals surface area contributed by atoms with Crippen molar-refractivity contribution in [2.75, 3.05) is 31.1 Å². The summed E-state index contributed by atoms with van der Waals surface area (Å²) in [4.78, 5) is 46.3. The first-order valence-electron chi connectivity index (χ1n) is 13.0. The van der Waals surface area contributed by atoms with Crippen LogP contribution >= 0.6 is 0 Å². The van der Waals surface area contributed by atoms with Gasteiger partial charge in [0.2, 0.25) is 17.7 Å². The minimum Gasteiger partial charge on any atom is -0.481 e. The maximum atomic E-state index is 12.5. The smallest absolute Gasteiger partial charge is 0.373 e. The number of carbonyl (C=O) groups is 2. The van der Waals surface area contributed by atoms with Crippen molar-refractivity contribution in [3.63, 3.8) is 0 Å². The molecule has 0 spiro atoms. The Hall–Kier alpha value is -4.79. The number of methoxy groups -OCH3 is 2. The summed E-state index contributed by atoms with van der Waals surface area (Å²) in [5.74, 6) is 5.37. The lowest BCUT2D eigenvalue weighted by atomic mass is 10.1. The van der Waals surface area contributed by atoms with E-state index < -0.39 is 53.1 Å². The van der Waals surface area contributed by atoms with E-state index >= 15 is 0 Å². The van der Waals surface area contributed by atoms with Crippen molar-refractivity contribution in [2.45, 2.75) is 62.9 Å². The Kier molecular flexibility index (Phi) is 11.6.